The highest BCUT2D eigenvalue weighted by molar-refractivity contribution is 5.69. The molecule has 2 heterocycles. The Balaban J connectivity index is 1.57. The van der Waals surface area contributed by atoms with Gasteiger partial charge in [0.05, 0.1) is 24.5 Å². The highest BCUT2D eigenvalue weighted by Gasteiger charge is 2.21. The summed E-state index contributed by atoms with van der Waals surface area (Å²) < 4.78 is 24.9. The van der Waals surface area contributed by atoms with Crippen molar-refractivity contribution in [2.24, 2.45) is 5.11 Å². The molecule has 1 aliphatic heterocycles. The Kier molecular flexibility index (Phi) is 6.37. The summed E-state index contributed by atoms with van der Waals surface area (Å²) in [7, 11) is 1.68. The van der Waals surface area contributed by atoms with Gasteiger partial charge in [-0.05, 0) is 48.4 Å². The zero-order valence-corrected chi connectivity index (χ0v) is 17.4. The molecule has 0 bridgehead atoms. The van der Waals surface area contributed by atoms with Crippen LogP contribution in [0.5, 0.6) is 11.5 Å². The molecular weight excluding hydrogens is 431 g/mol. The summed E-state index contributed by atoms with van der Waals surface area (Å²) in [6.07, 6.45) is 1.60. The summed E-state index contributed by atoms with van der Waals surface area (Å²) in [6, 6.07) is 9.79. The van der Waals surface area contributed by atoms with Gasteiger partial charge >= 0.3 is 0 Å². The van der Waals surface area contributed by atoms with Crippen LogP contribution < -0.4 is 25.4 Å². The Hall–Kier alpha value is -4.57. The molecule has 2 aromatic carbocycles. The number of benzene rings is 2. The number of ether oxygens (including phenoxy) is 2. The highest BCUT2D eigenvalue weighted by Crippen LogP contribution is 2.37. The molecule has 168 valence electrons. The first-order chi connectivity index (χ1) is 16.1. The van der Waals surface area contributed by atoms with Crippen molar-refractivity contribution >= 4 is 35.3 Å². The maximum Gasteiger partial charge on any atom is 0.298 e. The molecule has 0 amide bonds. The van der Waals surface area contributed by atoms with Gasteiger partial charge in [-0.15, -0.1) is 0 Å². The maximum atomic E-state index is 14.4. The van der Waals surface area contributed by atoms with E-state index in [0.717, 1.165) is 6.20 Å². The van der Waals surface area contributed by atoms with Gasteiger partial charge in [0.2, 0.25) is 5.95 Å². The highest BCUT2D eigenvalue weighted by atomic mass is 19.1. The quantitative estimate of drug-likeness (QED) is 0.192. The van der Waals surface area contributed by atoms with Crippen molar-refractivity contribution in [2.75, 3.05) is 29.6 Å². The molecule has 1 atom stereocenters. The average molecular weight is 450 g/mol. The molecule has 4 rings (SSSR count). The number of rotatable bonds is 8. The van der Waals surface area contributed by atoms with E-state index in [1.165, 1.54) is 0 Å². The lowest BCUT2D eigenvalue weighted by Crippen LogP contribution is -2.13. The molecule has 12 heteroatoms. The fourth-order valence-corrected chi connectivity index (χ4v) is 3.37. The Labute approximate surface area is 187 Å². The van der Waals surface area contributed by atoms with Crippen LogP contribution in [0.25, 0.3) is 10.4 Å². The van der Waals surface area contributed by atoms with E-state index in [1.54, 1.807) is 43.4 Å². The van der Waals surface area contributed by atoms with Crippen LogP contribution in [-0.2, 0) is 4.79 Å². The predicted octanol–water partition coefficient (Wildman–Crippen LogP) is 4.81. The number of azide groups is 1. The first-order valence-electron chi connectivity index (χ1n) is 9.91. The molecular formula is C21H19FN8O3. The summed E-state index contributed by atoms with van der Waals surface area (Å²) in [5.74, 6) is 0.442. The lowest BCUT2D eigenvalue weighted by molar-refractivity contribution is -0.120. The molecule has 0 radical (unpaired) electrons. The van der Waals surface area contributed by atoms with Gasteiger partial charge in [-0.3, -0.25) is 4.79 Å². The Morgan fingerprint density at radius 1 is 1.27 bits per heavy atom. The predicted molar refractivity (Wildman–Crippen MR) is 120 cm³/mol. The molecule has 0 spiro atoms. The zero-order valence-electron chi connectivity index (χ0n) is 17.4. The molecule has 0 saturated heterocycles. The Morgan fingerprint density at radius 2 is 2.09 bits per heavy atom. The zero-order chi connectivity index (χ0) is 23.2. The number of aromatic nitrogens is 2. The summed E-state index contributed by atoms with van der Waals surface area (Å²) in [6.45, 7) is 0.794. The van der Waals surface area contributed by atoms with Crippen LogP contribution in [0.15, 0.2) is 47.7 Å². The first-order valence-corrected chi connectivity index (χ1v) is 9.91. The standard InChI is InChI=1S/C21H19FN8O3/c1-24-17-9-13(3-5-19(17)33-11-31)27-21-25-10-15(22)20(28-21)26-12-2-4-18-14(8-12)16(29-30-23)6-7-32-18/h2-5,8-11,16,24H,6-7H2,1H3,(H2,25,26,27,28). The minimum absolute atomic E-state index is 0.0424. The number of anilines is 5. The van der Waals surface area contributed by atoms with Gasteiger partial charge in [0.15, 0.2) is 17.4 Å². The second-order valence-corrected chi connectivity index (χ2v) is 6.93. The monoisotopic (exact) mass is 450 g/mol. The summed E-state index contributed by atoms with van der Waals surface area (Å²) in [5, 5.41) is 12.7. The van der Waals surface area contributed by atoms with E-state index in [1.807, 2.05) is 0 Å². The van der Waals surface area contributed by atoms with Crippen LogP contribution in [0.1, 0.15) is 18.0 Å². The van der Waals surface area contributed by atoms with E-state index in [2.05, 4.69) is 35.9 Å². The normalized spacial score (nSPS) is 14.2. The Bertz CT molecular complexity index is 1230. The van der Waals surface area contributed by atoms with E-state index in [0.29, 0.717) is 53.6 Å². The van der Waals surface area contributed by atoms with Gasteiger partial charge in [0.25, 0.3) is 6.47 Å². The minimum atomic E-state index is -0.647. The molecule has 1 unspecified atom stereocenters. The maximum absolute atomic E-state index is 14.4. The van der Waals surface area contributed by atoms with Crippen LogP contribution in [0, 0.1) is 5.82 Å². The summed E-state index contributed by atoms with van der Waals surface area (Å²) in [5.41, 5.74) is 11.2. The summed E-state index contributed by atoms with van der Waals surface area (Å²) >= 11 is 0. The second-order valence-electron chi connectivity index (χ2n) is 6.93. The molecule has 1 aromatic heterocycles. The van der Waals surface area contributed by atoms with Crippen molar-refractivity contribution in [3.63, 3.8) is 0 Å². The fourth-order valence-electron chi connectivity index (χ4n) is 3.37. The van der Waals surface area contributed by atoms with Crippen molar-refractivity contribution < 1.29 is 18.7 Å². The van der Waals surface area contributed by atoms with Crippen LogP contribution >= 0.6 is 0 Å². The third-order valence-corrected chi connectivity index (χ3v) is 4.90. The molecule has 3 N–H and O–H groups in total. The van der Waals surface area contributed by atoms with Gasteiger partial charge in [0, 0.05) is 28.9 Å². The van der Waals surface area contributed by atoms with E-state index in [-0.39, 0.29) is 17.8 Å². The minimum Gasteiger partial charge on any atom is -0.493 e. The number of fused-ring (bicyclic) bond motifs is 1. The third kappa shape index (κ3) is 4.86. The van der Waals surface area contributed by atoms with Gasteiger partial charge in [-0.1, -0.05) is 5.11 Å². The number of carbonyl (C=O) groups excluding carboxylic acids is 1. The van der Waals surface area contributed by atoms with Gasteiger partial charge < -0.3 is 25.4 Å². The molecule has 11 nitrogen and oxygen atoms in total. The second kappa shape index (κ2) is 9.71. The van der Waals surface area contributed by atoms with Gasteiger partial charge in [0.1, 0.15) is 5.75 Å². The number of halogens is 1. The van der Waals surface area contributed by atoms with Crippen LogP contribution in [0.3, 0.4) is 0 Å². The molecule has 0 aliphatic carbocycles. The lowest BCUT2D eigenvalue weighted by atomic mass is 10.0. The molecule has 0 fully saturated rings. The number of carbonyl (C=O) groups is 1. The third-order valence-electron chi connectivity index (χ3n) is 4.90. The lowest BCUT2D eigenvalue weighted by Gasteiger charge is -2.23. The SMILES string of the molecule is CNc1cc(Nc2ncc(F)c(Nc3ccc4c(c3)C(N=[N+]=[N-])CCO4)n2)ccc1OC=O. The number of hydrogen-bond donors (Lipinski definition) is 3. The molecule has 1 aliphatic rings. The molecule has 33 heavy (non-hydrogen) atoms. The number of nitrogens with one attached hydrogen (secondary N) is 3. The van der Waals surface area contributed by atoms with Crippen molar-refractivity contribution in [1.29, 1.82) is 0 Å². The topological polar surface area (TPSA) is 146 Å². The largest absolute Gasteiger partial charge is 0.493 e. The van der Waals surface area contributed by atoms with Crippen LogP contribution in [-0.4, -0.2) is 30.1 Å². The van der Waals surface area contributed by atoms with E-state index in [9.17, 15) is 9.18 Å². The van der Waals surface area contributed by atoms with E-state index >= 15 is 0 Å². The van der Waals surface area contributed by atoms with Crippen molar-refractivity contribution in [2.45, 2.75) is 12.5 Å². The van der Waals surface area contributed by atoms with Gasteiger partial charge in [-0.25, -0.2) is 9.37 Å². The first kappa shape index (κ1) is 21.7. The van der Waals surface area contributed by atoms with Crippen molar-refractivity contribution in [3.05, 3.63) is 64.4 Å². The van der Waals surface area contributed by atoms with Crippen molar-refractivity contribution in [3.8, 4) is 11.5 Å². The fraction of sp³-hybridized carbons (Fsp3) is 0.190. The van der Waals surface area contributed by atoms with Crippen LogP contribution in [0.2, 0.25) is 0 Å². The average Bonchev–Trinajstić information content (AvgIpc) is 2.83. The van der Waals surface area contributed by atoms with Crippen molar-refractivity contribution in [1.82, 2.24) is 9.97 Å². The molecule has 0 saturated carbocycles. The Morgan fingerprint density at radius 3 is 2.88 bits per heavy atom. The molecule has 3 aromatic rings. The van der Waals surface area contributed by atoms with E-state index in [4.69, 9.17) is 15.0 Å². The summed E-state index contributed by atoms with van der Waals surface area (Å²) in [4.78, 5) is 21.7. The number of nitrogens with zero attached hydrogens (tertiary/aromatic N) is 5. The van der Waals surface area contributed by atoms with Gasteiger partial charge in [-0.2, -0.15) is 4.98 Å². The van der Waals surface area contributed by atoms with E-state index < -0.39 is 5.82 Å². The smallest absolute Gasteiger partial charge is 0.298 e. The van der Waals surface area contributed by atoms with Crippen LogP contribution in [0.4, 0.5) is 33.2 Å². The number of hydrogen-bond acceptors (Lipinski definition) is 9.